The standard InChI is InChI=1S/C25H21NO3S/c1-30-19-11-9-17(10-12-19)21-14-25(21)20-7-2-3-8-22(20)26(24(25)29)15-16-5-4-6-18(13-16)23(27)28/h2-13,21H,14-15H2,1H3,(H,27,28). The van der Waals surface area contributed by atoms with Gasteiger partial charge in [0.2, 0.25) is 5.91 Å². The van der Waals surface area contributed by atoms with E-state index in [1.165, 1.54) is 10.5 Å². The number of carboxylic acid groups (broad SMARTS) is 1. The Kier molecular flexibility index (Phi) is 4.44. The number of carboxylic acids is 1. The van der Waals surface area contributed by atoms with Gasteiger partial charge >= 0.3 is 5.97 Å². The highest BCUT2D eigenvalue weighted by atomic mass is 32.2. The lowest BCUT2D eigenvalue weighted by atomic mass is 9.92. The maximum Gasteiger partial charge on any atom is 0.335 e. The molecule has 2 unspecified atom stereocenters. The molecule has 5 rings (SSSR count). The Balaban J connectivity index is 1.49. The molecule has 1 aliphatic carbocycles. The number of fused-ring (bicyclic) bond motifs is 2. The topological polar surface area (TPSA) is 57.6 Å². The van der Waals surface area contributed by atoms with Crippen molar-refractivity contribution >= 4 is 29.3 Å². The maximum absolute atomic E-state index is 13.7. The third-order valence-electron chi connectivity index (χ3n) is 6.30. The first-order valence-electron chi connectivity index (χ1n) is 9.92. The number of thioether (sulfide) groups is 1. The fourth-order valence-corrected chi connectivity index (χ4v) is 5.14. The molecule has 1 heterocycles. The number of carbonyl (C=O) groups is 2. The molecule has 3 aromatic carbocycles. The van der Waals surface area contributed by atoms with Gasteiger partial charge in [0.15, 0.2) is 0 Å². The lowest BCUT2D eigenvalue weighted by Gasteiger charge is -2.19. The molecule has 1 saturated carbocycles. The van der Waals surface area contributed by atoms with Crippen molar-refractivity contribution < 1.29 is 14.7 Å². The molecule has 2 atom stereocenters. The Labute approximate surface area is 179 Å². The zero-order chi connectivity index (χ0) is 20.9. The summed E-state index contributed by atoms with van der Waals surface area (Å²) in [6.45, 7) is 0.372. The number of nitrogens with zero attached hydrogens (tertiary/aromatic N) is 1. The van der Waals surface area contributed by atoms with E-state index in [4.69, 9.17) is 0 Å². The molecular weight excluding hydrogens is 394 g/mol. The highest BCUT2D eigenvalue weighted by Crippen LogP contribution is 2.66. The lowest BCUT2D eigenvalue weighted by Crippen LogP contribution is -2.32. The molecule has 30 heavy (non-hydrogen) atoms. The van der Waals surface area contributed by atoms with Crippen LogP contribution < -0.4 is 4.90 Å². The van der Waals surface area contributed by atoms with Crippen molar-refractivity contribution in [1.82, 2.24) is 0 Å². The summed E-state index contributed by atoms with van der Waals surface area (Å²) >= 11 is 1.71. The van der Waals surface area contributed by atoms with E-state index in [0.717, 1.165) is 23.2 Å². The molecule has 0 aromatic heterocycles. The minimum atomic E-state index is -0.961. The van der Waals surface area contributed by atoms with Gasteiger partial charge < -0.3 is 10.0 Å². The summed E-state index contributed by atoms with van der Waals surface area (Å²) < 4.78 is 0. The molecule has 2 aliphatic rings. The summed E-state index contributed by atoms with van der Waals surface area (Å²) in [5, 5.41) is 9.29. The highest BCUT2D eigenvalue weighted by Gasteiger charge is 2.66. The first kappa shape index (κ1) is 18.9. The number of hydrogen-bond donors (Lipinski definition) is 1. The van der Waals surface area contributed by atoms with E-state index in [1.807, 2.05) is 29.2 Å². The fourth-order valence-electron chi connectivity index (χ4n) is 4.73. The summed E-state index contributed by atoms with van der Waals surface area (Å²) in [6, 6.07) is 23.3. The quantitative estimate of drug-likeness (QED) is 0.591. The number of rotatable bonds is 5. The van der Waals surface area contributed by atoms with E-state index < -0.39 is 11.4 Å². The van der Waals surface area contributed by atoms with Gasteiger partial charge in [-0.2, -0.15) is 0 Å². The first-order chi connectivity index (χ1) is 14.5. The Morgan fingerprint density at radius 1 is 1.10 bits per heavy atom. The Hall–Kier alpha value is -3.05. The van der Waals surface area contributed by atoms with Crippen LogP contribution in [-0.2, 0) is 16.8 Å². The largest absolute Gasteiger partial charge is 0.478 e. The number of aromatic carboxylic acids is 1. The van der Waals surface area contributed by atoms with Crippen molar-refractivity contribution in [2.45, 2.75) is 29.2 Å². The normalized spacial score (nSPS) is 21.7. The molecule has 4 nitrogen and oxygen atoms in total. The van der Waals surface area contributed by atoms with Gasteiger partial charge in [0.25, 0.3) is 0 Å². The van der Waals surface area contributed by atoms with Crippen LogP contribution in [0.2, 0.25) is 0 Å². The number of carbonyl (C=O) groups excluding carboxylic acids is 1. The Bertz CT molecular complexity index is 1160. The van der Waals surface area contributed by atoms with Crippen LogP contribution in [-0.4, -0.2) is 23.2 Å². The second kappa shape index (κ2) is 7.03. The highest BCUT2D eigenvalue weighted by molar-refractivity contribution is 7.98. The van der Waals surface area contributed by atoms with E-state index in [0.29, 0.717) is 6.54 Å². The van der Waals surface area contributed by atoms with Gasteiger partial charge in [-0.05, 0) is 59.7 Å². The van der Waals surface area contributed by atoms with E-state index >= 15 is 0 Å². The van der Waals surface area contributed by atoms with Crippen molar-refractivity contribution in [3.63, 3.8) is 0 Å². The van der Waals surface area contributed by atoms with Crippen LogP contribution in [0.25, 0.3) is 0 Å². The molecule has 0 bridgehead atoms. The number of para-hydroxylation sites is 1. The average Bonchev–Trinajstić information content (AvgIpc) is 3.49. The van der Waals surface area contributed by atoms with Crippen LogP contribution >= 0.6 is 11.8 Å². The zero-order valence-electron chi connectivity index (χ0n) is 16.5. The van der Waals surface area contributed by atoms with E-state index in [9.17, 15) is 14.7 Å². The molecule has 150 valence electrons. The van der Waals surface area contributed by atoms with Gasteiger partial charge in [0, 0.05) is 16.5 Å². The monoisotopic (exact) mass is 415 g/mol. The second-order valence-corrected chi connectivity index (χ2v) is 8.79. The maximum atomic E-state index is 13.7. The predicted molar refractivity (Wildman–Crippen MR) is 118 cm³/mol. The van der Waals surface area contributed by atoms with Gasteiger partial charge in [-0.15, -0.1) is 11.8 Å². The number of amides is 1. The number of anilines is 1. The molecule has 1 fully saturated rings. The molecule has 1 N–H and O–H groups in total. The molecule has 1 spiro atoms. The smallest absolute Gasteiger partial charge is 0.335 e. The van der Waals surface area contributed by atoms with Crippen LogP contribution in [0, 0.1) is 0 Å². The van der Waals surface area contributed by atoms with Crippen molar-refractivity contribution in [3.8, 4) is 0 Å². The van der Waals surface area contributed by atoms with Crippen LogP contribution in [0.15, 0.2) is 77.7 Å². The zero-order valence-corrected chi connectivity index (χ0v) is 17.4. The van der Waals surface area contributed by atoms with E-state index in [2.05, 4.69) is 36.6 Å². The summed E-state index contributed by atoms with van der Waals surface area (Å²) in [4.78, 5) is 28.1. The van der Waals surface area contributed by atoms with Crippen LogP contribution in [0.5, 0.6) is 0 Å². The first-order valence-corrected chi connectivity index (χ1v) is 11.1. The lowest BCUT2D eigenvalue weighted by molar-refractivity contribution is -0.120. The van der Waals surface area contributed by atoms with E-state index in [-0.39, 0.29) is 17.4 Å². The summed E-state index contributed by atoms with van der Waals surface area (Å²) in [5.41, 5.74) is 3.78. The molecule has 0 radical (unpaired) electrons. The van der Waals surface area contributed by atoms with Crippen molar-refractivity contribution in [2.75, 3.05) is 11.2 Å². The van der Waals surface area contributed by atoms with E-state index in [1.54, 1.807) is 30.0 Å². The van der Waals surface area contributed by atoms with Gasteiger partial charge in [-0.1, -0.05) is 42.5 Å². The van der Waals surface area contributed by atoms with Crippen molar-refractivity contribution in [2.24, 2.45) is 0 Å². The van der Waals surface area contributed by atoms with Crippen LogP contribution in [0.3, 0.4) is 0 Å². The molecule has 3 aromatic rings. The van der Waals surface area contributed by atoms with Crippen molar-refractivity contribution in [3.05, 3.63) is 95.1 Å². The van der Waals surface area contributed by atoms with Crippen LogP contribution in [0.1, 0.15) is 39.4 Å². The Morgan fingerprint density at radius 3 is 2.60 bits per heavy atom. The molecule has 0 saturated heterocycles. The van der Waals surface area contributed by atoms with Gasteiger partial charge in [-0.25, -0.2) is 4.79 Å². The fraction of sp³-hybridized carbons (Fsp3) is 0.200. The van der Waals surface area contributed by atoms with Crippen LogP contribution in [0.4, 0.5) is 5.69 Å². The third-order valence-corrected chi connectivity index (χ3v) is 7.04. The summed E-state index contributed by atoms with van der Waals surface area (Å²) in [5.74, 6) is -0.668. The second-order valence-electron chi connectivity index (χ2n) is 7.92. The molecular formula is C25H21NO3S. The minimum absolute atomic E-state index is 0.114. The van der Waals surface area contributed by atoms with Gasteiger partial charge in [-0.3, -0.25) is 4.79 Å². The number of hydrogen-bond acceptors (Lipinski definition) is 3. The van der Waals surface area contributed by atoms with Crippen molar-refractivity contribution in [1.29, 1.82) is 0 Å². The number of benzene rings is 3. The molecule has 1 amide bonds. The SMILES string of the molecule is CSc1ccc(C2CC23C(=O)N(Cc2cccc(C(=O)O)c2)c2ccccc23)cc1. The third kappa shape index (κ3) is 2.84. The summed E-state index contributed by atoms with van der Waals surface area (Å²) in [6.07, 6.45) is 2.87. The van der Waals surface area contributed by atoms with Gasteiger partial charge in [0.1, 0.15) is 0 Å². The summed E-state index contributed by atoms with van der Waals surface area (Å²) in [7, 11) is 0. The van der Waals surface area contributed by atoms with Gasteiger partial charge in [0.05, 0.1) is 17.5 Å². The average molecular weight is 416 g/mol. The minimum Gasteiger partial charge on any atom is -0.478 e. The predicted octanol–water partition coefficient (Wildman–Crippen LogP) is 5.08. The molecule has 5 heteroatoms. The Morgan fingerprint density at radius 2 is 1.87 bits per heavy atom. The molecule has 1 aliphatic heterocycles.